The van der Waals surface area contributed by atoms with Crippen LogP contribution in [0.4, 0.5) is 11.5 Å². The number of piperazine rings is 1. The lowest BCUT2D eigenvalue weighted by atomic mass is 10.2. The first-order chi connectivity index (χ1) is 14.0. The van der Waals surface area contributed by atoms with Crippen LogP contribution in [0.2, 0.25) is 5.15 Å². The van der Waals surface area contributed by atoms with Crippen molar-refractivity contribution in [3.63, 3.8) is 0 Å². The van der Waals surface area contributed by atoms with Crippen LogP contribution in [0.5, 0.6) is 5.75 Å². The van der Waals surface area contributed by atoms with E-state index < -0.39 is 5.91 Å². The van der Waals surface area contributed by atoms with E-state index in [9.17, 15) is 4.79 Å². The molecular formula is C20H27ClN6O2. The number of nitrogens with one attached hydrogen (secondary N) is 1. The Kier molecular flexibility index (Phi) is 7.24. The molecule has 1 saturated heterocycles. The van der Waals surface area contributed by atoms with E-state index in [1.54, 1.807) is 0 Å². The van der Waals surface area contributed by atoms with Crippen molar-refractivity contribution in [2.45, 2.75) is 13.3 Å². The van der Waals surface area contributed by atoms with Crippen LogP contribution in [0.3, 0.4) is 0 Å². The second kappa shape index (κ2) is 9.87. The molecule has 0 radical (unpaired) electrons. The van der Waals surface area contributed by atoms with Gasteiger partial charge in [0.1, 0.15) is 12.4 Å². The lowest BCUT2D eigenvalue weighted by molar-refractivity contribution is 0.0996. The zero-order valence-corrected chi connectivity index (χ0v) is 17.6. The van der Waals surface area contributed by atoms with Gasteiger partial charge in [-0.3, -0.25) is 9.69 Å². The highest BCUT2D eigenvalue weighted by Crippen LogP contribution is 2.24. The number of nitrogens with two attached hydrogens (primary N) is 1. The minimum Gasteiger partial charge on any atom is -0.492 e. The van der Waals surface area contributed by atoms with Crippen molar-refractivity contribution in [3.8, 4) is 5.75 Å². The summed E-state index contributed by atoms with van der Waals surface area (Å²) in [6.07, 6.45) is 0.559. The van der Waals surface area contributed by atoms with Crippen LogP contribution in [0, 0.1) is 0 Å². The van der Waals surface area contributed by atoms with E-state index >= 15 is 0 Å². The number of halogens is 1. The highest BCUT2D eigenvalue weighted by Gasteiger charge is 2.17. The van der Waals surface area contributed by atoms with Crippen molar-refractivity contribution in [1.29, 1.82) is 0 Å². The Bertz CT molecular complexity index is 855. The van der Waals surface area contributed by atoms with Crippen molar-refractivity contribution in [2.24, 2.45) is 5.73 Å². The highest BCUT2D eigenvalue weighted by atomic mass is 35.5. The van der Waals surface area contributed by atoms with Crippen LogP contribution in [0.1, 0.15) is 23.1 Å². The number of benzene rings is 1. The number of carbonyl (C=O) groups excluding carboxylic acids is 1. The second-order valence-electron chi connectivity index (χ2n) is 7.02. The molecule has 3 rings (SSSR count). The van der Waals surface area contributed by atoms with Gasteiger partial charge in [0.2, 0.25) is 0 Å². The fraction of sp³-hybridized carbons (Fsp3) is 0.450. The lowest BCUT2D eigenvalue weighted by Crippen LogP contribution is -2.45. The standard InChI is InChI=1S/C20H27ClN6O2/c1-3-16-18(21)25-20(17(24-16)19(22)28)23-14-5-4-6-15(13-14)29-12-11-27-9-7-26(2)8-10-27/h4-6,13H,3,7-12H2,1-2H3,(H2,22,28)(H,23,25). The van der Waals surface area contributed by atoms with Gasteiger partial charge in [-0.05, 0) is 25.6 Å². The van der Waals surface area contributed by atoms with Crippen molar-refractivity contribution in [1.82, 2.24) is 19.8 Å². The number of hydrogen-bond acceptors (Lipinski definition) is 7. The van der Waals surface area contributed by atoms with Crippen molar-refractivity contribution >= 4 is 29.0 Å². The quantitative estimate of drug-likeness (QED) is 0.678. The molecule has 1 amide bonds. The van der Waals surface area contributed by atoms with E-state index in [1.165, 1.54) is 0 Å². The van der Waals surface area contributed by atoms with Gasteiger partial charge in [0.15, 0.2) is 16.7 Å². The van der Waals surface area contributed by atoms with Gasteiger partial charge in [0.05, 0.1) is 5.69 Å². The first-order valence-electron chi connectivity index (χ1n) is 9.73. The number of primary amides is 1. The fourth-order valence-electron chi connectivity index (χ4n) is 3.10. The summed E-state index contributed by atoms with van der Waals surface area (Å²) in [5, 5.41) is 3.33. The fourth-order valence-corrected chi connectivity index (χ4v) is 3.36. The molecule has 0 spiro atoms. The summed E-state index contributed by atoms with van der Waals surface area (Å²) in [4.78, 5) is 25.0. The Hall–Kier alpha value is -2.42. The molecule has 1 aromatic carbocycles. The summed E-state index contributed by atoms with van der Waals surface area (Å²) in [6, 6.07) is 7.45. The van der Waals surface area contributed by atoms with Gasteiger partial charge in [-0.15, -0.1) is 0 Å². The number of ether oxygens (including phenoxy) is 1. The SMILES string of the molecule is CCc1nc(C(N)=O)c(Nc2cccc(OCCN3CCN(C)CC3)c2)nc1Cl. The van der Waals surface area contributed by atoms with Gasteiger partial charge < -0.3 is 20.7 Å². The number of nitrogens with zero attached hydrogens (tertiary/aromatic N) is 4. The molecule has 1 aromatic heterocycles. The normalized spacial score (nSPS) is 15.3. The predicted molar refractivity (Wildman–Crippen MR) is 114 cm³/mol. The minimum atomic E-state index is -0.661. The molecule has 0 aliphatic carbocycles. The lowest BCUT2D eigenvalue weighted by Gasteiger charge is -2.32. The van der Waals surface area contributed by atoms with Crippen LogP contribution in [-0.4, -0.2) is 72.1 Å². The van der Waals surface area contributed by atoms with E-state index in [-0.39, 0.29) is 16.7 Å². The number of anilines is 2. The molecule has 3 N–H and O–H groups in total. The van der Waals surface area contributed by atoms with Crippen molar-refractivity contribution < 1.29 is 9.53 Å². The van der Waals surface area contributed by atoms with Crippen molar-refractivity contribution in [2.75, 3.05) is 51.7 Å². The van der Waals surface area contributed by atoms with Gasteiger partial charge in [0, 0.05) is 44.5 Å². The predicted octanol–water partition coefficient (Wildman–Crippen LogP) is 2.16. The van der Waals surface area contributed by atoms with Gasteiger partial charge in [-0.1, -0.05) is 24.6 Å². The minimum absolute atomic E-state index is 0.0626. The van der Waals surface area contributed by atoms with Crippen LogP contribution < -0.4 is 15.8 Å². The number of likely N-dealkylation sites (N-methyl/N-ethyl adjacent to an activating group) is 1. The van der Waals surface area contributed by atoms with Crippen molar-refractivity contribution in [3.05, 3.63) is 40.8 Å². The zero-order chi connectivity index (χ0) is 20.8. The number of amides is 1. The van der Waals surface area contributed by atoms with Crippen LogP contribution >= 0.6 is 11.6 Å². The van der Waals surface area contributed by atoms with Gasteiger partial charge >= 0.3 is 0 Å². The molecule has 156 valence electrons. The average Bonchev–Trinajstić information content (AvgIpc) is 2.70. The molecule has 0 unspecified atom stereocenters. The topological polar surface area (TPSA) is 96.6 Å². The second-order valence-corrected chi connectivity index (χ2v) is 7.38. The molecule has 1 fully saturated rings. The highest BCUT2D eigenvalue weighted by molar-refractivity contribution is 6.30. The molecular weight excluding hydrogens is 392 g/mol. The monoisotopic (exact) mass is 418 g/mol. The summed E-state index contributed by atoms with van der Waals surface area (Å²) >= 11 is 6.16. The summed E-state index contributed by atoms with van der Waals surface area (Å²) in [5.74, 6) is 0.300. The van der Waals surface area contributed by atoms with Crippen LogP contribution in [0.25, 0.3) is 0 Å². The Morgan fingerprint density at radius 3 is 2.72 bits per heavy atom. The maximum absolute atomic E-state index is 11.8. The number of aryl methyl sites for hydroxylation is 1. The molecule has 29 heavy (non-hydrogen) atoms. The van der Waals surface area contributed by atoms with Crippen LogP contribution in [-0.2, 0) is 6.42 Å². The molecule has 2 aromatic rings. The molecule has 0 bridgehead atoms. The van der Waals surface area contributed by atoms with E-state index in [2.05, 4.69) is 32.1 Å². The van der Waals surface area contributed by atoms with Gasteiger partial charge in [-0.2, -0.15) is 0 Å². The molecule has 9 heteroatoms. The third kappa shape index (κ3) is 5.79. The number of aromatic nitrogens is 2. The molecule has 0 atom stereocenters. The maximum Gasteiger partial charge on any atom is 0.271 e. The average molecular weight is 419 g/mol. The van der Waals surface area contributed by atoms with E-state index in [4.69, 9.17) is 22.1 Å². The van der Waals surface area contributed by atoms with Gasteiger partial charge in [0.25, 0.3) is 5.91 Å². The summed E-state index contributed by atoms with van der Waals surface area (Å²) in [7, 11) is 2.14. The zero-order valence-electron chi connectivity index (χ0n) is 16.8. The van der Waals surface area contributed by atoms with Crippen LogP contribution in [0.15, 0.2) is 24.3 Å². The van der Waals surface area contributed by atoms with E-state index in [1.807, 2.05) is 31.2 Å². The number of carbonyl (C=O) groups is 1. The maximum atomic E-state index is 11.8. The summed E-state index contributed by atoms with van der Waals surface area (Å²) in [6.45, 7) is 7.67. The Labute approximate surface area is 176 Å². The molecule has 2 heterocycles. The summed E-state index contributed by atoms with van der Waals surface area (Å²) in [5.41, 5.74) is 6.76. The Morgan fingerprint density at radius 1 is 1.28 bits per heavy atom. The Morgan fingerprint density at radius 2 is 2.03 bits per heavy atom. The number of hydrogen-bond donors (Lipinski definition) is 2. The molecule has 0 saturated carbocycles. The van der Waals surface area contributed by atoms with E-state index in [0.29, 0.717) is 24.4 Å². The first kappa shape index (κ1) is 21.3. The van der Waals surface area contributed by atoms with E-state index in [0.717, 1.165) is 38.5 Å². The third-order valence-electron chi connectivity index (χ3n) is 4.86. The molecule has 1 aliphatic rings. The smallest absolute Gasteiger partial charge is 0.271 e. The first-order valence-corrected chi connectivity index (χ1v) is 10.1. The Balaban J connectivity index is 1.64. The molecule has 8 nitrogen and oxygen atoms in total. The largest absolute Gasteiger partial charge is 0.492 e. The van der Waals surface area contributed by atoms with Gasteiger partial charge in [-0.25, -0.2) is 9.97 Å². The number of rotatable bonds is 8. The summed E-state index contributed by atoms with van der Waals surface area (Å²) < 4.78 is 5.90. The molecule has 1 aliphatic heterocycles. The third-order valence-corrected chi connectivity index (χ3v) is 5.16.